The molecule has 0 aromatic carbocycles. The van der Waals surface area contributed by atoms with Gasteiger partial charge in [0, 0.05) is 12.6 Å². The highest BCUT2D eigenvalue weighted by Gasteiger charge is 2.07. The van der Waals surface area contributed by atoms with Gasteiger partial charge in [-0.3, -0.25) is 5.43 Å². The van der Waals surface area contributed by atoms with Gasteiger partial charge in [-0.15, -0.1) is 0 Å². The van der Waals surface area contributed by atoms with Crippen LogP contribution in [0.15, 0.2) is 0 Å². The monoisotopic (exact) mass is 144 g/mol. The predicted octanol–water partition coefficient (Wildman–Crippen LogP) is 1.49. The van der Waals surface area contributed by atoms with Crippen molar-refractivity contribution in [3.05, 3.63) is 0 Å². The molecule has 0 aliphatic carbocycles. The fourth-order valence-corrected chi connectivity index (χ4v) is 0.954. The zero-order valence-corrected chi connectivity index (χ0v) is 7.81. The summed E-state index contributed by atoms with van der Waals surface area (Å²) in [6, 6.07) is 0.590. The smallest absolute Gasteiger partial charge is 0.0187 e. The van der Waals surface area contributed by atoms with E-state index in [-0.39, 0.29) is 0 Å². The zero-order valence-electron chi connectivity index (χ0n) is 7.81. The van der Waals surface area contributed by atoms with Crippen molar-refractivity contribution in [2.75, 3.05) is 13.6 Å². The van der Waals surface area contributed by atoms with Gasteiger partial charge in [-0.05, 0) is 26.8 Å². The highest BCUT2D eigenvalue weighted by molar-refractivity contribution is 4.58. The van der Waals surface area contributed by atoms with E-state index in [0.29, 0.717) is 6.04 Å². The summed E-state index contributed by atoms with van der Waals surface area (Å²) in [6.45, 7) is 9.96. The molecule has 0 radical (unpaired) electrons. The Morgan fingerprint density at radius 1 is 1.20 bits per heavy atom. The molecule has 0 amide bonds. The van der Waals surface area contributed by atoms with Crippen LogP contribution in [0.5, 0.6) is 0 Å². The van der Waals surface area contributed by atoms with Crippen LogP contribution in [0.3, 0.4) is 0 Å². The first-order chi connectivity index (χ1) is 4.57. The molecule has 0 saturated heterocycles. The molecular formula is C8H20N2. The van der Waals surface area contributed by atoms with Gasteiger partial charge in [0.2, 0.25) is 0 Å². The summed E-state index contributed by atoms with van der Waals surface area (Å²) in [5.41, 5.74) is 3.17. The second-order valence-corrected chi connectivity index (χ2v) is 3.36. The molecule has 10 heavy (non-hydrogen) atoms. The summed E-state index contributed by atoms with van der Waals surface area (Å²) in [6.07, 6.45) is 0. The van der Waals surface area contributed by atoms with Crippen LogP contribution in [0, 0.1) is 5.92 Å². The number of hydrogen-bond donors (Lipinski definition) is 1. The summed E-state index contributed by atoms with van der Waals surface area (Å²) in [5.74, 6) is 0.731. The summed E-state index contributed by atoms with van der Waals surface area (Å²) >= 11 is 0. The van der Waals surface area contributed by atoms with Crippen LogP contribution < -0.4 is 5.43 Å². The summed E-state index contributed by atoms with van der Waals surface area (Å²) in [4.78, 5) is 0. The Balaban J connectivity index is 3.60. The normalized spacial score (nSPS) is 12.0. The third-order valence-electron chi connectivity index (χ3n) is 1.47. The van der Waals surface area contributed by atoms with Crippen molar-refractivity contribution in [3.63, 3.8) is 0 Å². The first kappa shape index (κ1) is 9.92. The van der Waals surface area contributed by atoms with Crippen molar-refractivity contribution >= 4 is 0 Å². The Morgan fingerprint density at radius 3 is 1.80 bits per heavy atom. The van der Waals surface area contributed by atoms with Crippen molar-refractivity contribution in [2.45, 2.75) is 33.7 Å². The SMILES string of the molecule is CNN(CC(C)C)C(C)C. The molecule has 0 bridgehead atoms. The first-order valence-corrected chi connectivity index (χ1v) is 4.02. The van der Waals surface area contributed by atoms with Gasteiger partial charge in [0.15, 0.2) is 0 Å². The fourth-order valence-electron chi connectivity index (χ4n) is 0.954. The van der Waals surface area contributed by atoms with E-state index < -0.39 is 0 Å². The van der Waals surface area contributed by atoms with Gasteiger partial charge in [-0.1, -0.05) is 13.8 Å². The van der Waals surface area contributed by atoms with Crippen LogP contribution >= 0.6 is 0 Å². The Morgan fingerprint density at radius 2 is 1.70 bits per heavy atom. The van der Waals surface area contributed by atoms with Crippen LogP contribution in [0.4, 0.5) is 0 Å². The van der Waals surface area contributed by atoms with Gasteiger partial charge >= 0.3 is 0 Å². The minimum absolute atomic E-state index is 0.590. The first-order valence-electron chi connectivity index (χ1n) is 4.02. The van der Waals surface area contributed by atoms with E-state index in [2.05, 4.69) is 38.1 Å². The molecule has 0 fully saturated rings. The van der Waals surface area contributed by atoms with Crippen LogP contribution in [0.1, 0.15) is 27.7 Å². The van der Waals surface area contributed by atoms with Gasteiger partial charge in [-0.25, -0.2) is 5.01 Å². The fraction of sp³-hybridized carbons (Fsp3) is 1.00. The second-order valence-electron chi connectivity index (χ2n) is 3.36. The average molecular weight is 144 g/mol. The van der Waals surface area contributed by atoms with Crippen molar-refractivity contribution in [2.24, 2.45) is 5.92 Å². The van der Waals surface area contributed by atoms with Crippen molar-refractivity contribution in [3.8, 4) is 0 Å². The van der Waals surface area contributed by atoms with E-state index >= 15 is 0 Å². The minimum atomic E-state index is 0.590. The quantitative estimate of drug-likeness (QED) is 0.601. The van der Waals surface area contributed by atoms with Crippen molar-refractivity contribution in [1.82, 2.24) is 10.4 Å². The molecule has 2 nitrogen and oxygen atoms in total. The highest BCUT2D eigenvalue weighted by atomic mass is 15.5. The van der Waals surface area contributed by atoms with Gasteiger partial charge < -0.3 is 0 Å². The molecule has 0 rings (SSSR count). The molecule has 0 spiro atoms. The molecule has 62 valence electrons. The molecule has 0 unspecified atom stereocenters. The van der Waals surface area contributed by atoms with Gasteiger partial charge in [0.25, 0.3) is 0 Å². The molecule has 0 heterocycles. The van der Waals surface area contributed by atoms with Crippen LogP contribution in [-0.2, 0) is 0 Å². The lowest BCUT2D eigenvalue weighted by Crippen LogP contribution is -2.42. The van der Waals surface area contributed by atoms with Crippen LogP contribution in [0.2, 0.25) is 0 Å². The molecule has 0 aliphatic heterocycles. The number of nitrogens with one attached hydrogen (secondary N) is 1. The zero-order chi connectivity index (χ0) is 8.15. The Kier molecular flexibility index (Phi) is 4.65. The molecule has 0 aromatic rings. The van der Waals surface area contributed by atoms with Crippen LogP contribution in [0.25, 0.3) is 0 Å². The standard InChI is InChI=1S/C8H20N2/c1-7(2)6-10(9-5)8(3)4/h7-9H,6H2,1-5H3. The maximum atomic E-state index is 3.17. The van der Waals surface area contributed by atoms with Crippen molar-refractivity contribution < 1.29 is 0 Å². The topological polar surface area (TPSA) is 15.3 Å². The summed E-state index contributed by atoms with van der Waals surface area (Å²) in [7, 11) is 1.97. The summed E-state index contributed by atoms with van der Waals surface area (Å²) < 4.78 is 0. The summed E-state index contributed by atoms with van der Waals surface area (Å²) in [5, 5.41) is 2.24. The second kappa shape index (κ2) is 4.69. The van der Waals surface area contributed by atoms with Gasteiger partial charge in [0.1, 0.15) is 0 Å². The number of hydrazine groups is 1. The van der Waals surface area contributed by atoms with E-state index in [1.807, 2.05) is 7.05 Å². The van der Waals surface area contributed by atoms with E-state index in [1.165, 1.54) is 0 Å². The van der Waals surface area contributed by atoms with Crippen LogP contribution in [-0.4, -0.2) is 24.6 Å². The molecule has 0 atom stereocenters. The van der Waals surface area contributed by atoms with E-state index in [0.717, 1.165) is 12.5 Å². The van der Waals surface area contributed by atoms with Gasteiger partial charge in [0.05, 0.1) is 0 Å². The number of rotatable bonds is 4. The maximum absolute atomic E-state index is 3.17. The lowest BCUT2D eigenvalue weighted by atomic mass is 10.2. The van der Waals surface area contributed by atoms with Crippen molar-refractivity contribution in [1.29, 1.82) is 0 Å². The van der Waals surface area contributed by atoms with Gasteiger partial charge in [-0.2, -0.15) is 0 Å². The molecule has 1 N–H and O–H groups in total. The Bertz CT molecular complexity index is 79.3. The molecule has 0 saturated carbocycles. The third kappa shape index (κ3) is 3.85. The Hall–Kier alpha value is -0.0800. The number of hydrogen-bond acceptors (Lipinski definition) is 2. The lowest BCUT2D eigenvalue weighted by molar-refractivity contribution is 0.141. The lowest BCUT2D eigenvalue weighted by Gasteiger charge is -2.26. The molecule has 2 heteroatoms. The average Bonchev–Trinajstić information content (AvgIpc) is 1.81. The Labute approximate surface area is 64.6 Å². The number of nitrogens with zero attached hydrogens (tertiary/aromatic N) is 1. The largest absolute Gasteiger partial charge is 0.258 e. The van der Waals surface area contributed by atoms with E-state index in [4.69, 9.17) is 0 Å². The highest BCUT2D eigenvalue weighted by Crippen LogP contribution is 1.99. The molecule has 0 aromatic heterocycles. The molecule has 0 aliphatic rings. The third-order valence-corrected chi connectivity index (χ3v) is 1.47. The van der Waals surface area contributed by atoms with E-state index in [9.17, 15) is 0 Å². The molecular weight excluding hydrogens is 124 g/mol. The minimum Gasteiger partial charge on any atom is -0.258 e. The predicted molar refractivity (Wildman–Crippen MR) is 45.7 cm³/mol. The van der Waals surface area contributed by atoms with E-state index in [1.54, 1.807) is 0 Å². The maximum Gasteiger partial charge on any atom is 0.0187 e.